The zero-order valence-electron chi connectivity index (χ0n) is 38.4. The average Bonchev–Trinajstić information content (AvgIpc) is 3.24. The van der Waals surface area contributed by atoms with Crippen LogP contribution in [0.2, 0.25) is 0 Å². The van der Waals surface area contributed by atoms with Gasteiger partial charge in [0.2, 0.25) is 0 Å². The summed E-state index contributed by atoms with van der Waals surface area (Å²) in [7, 11) is 0. The number of carbonyl (C=O) groups excluding carboxylic acids is 3. The summed E-state index contributed by atoms with van der Waals surface area (Å²) in [4.78, 5) is 37.7. The molecule has 0 bridgehead atoms. The lowest BCUT2D eigenvalue weighted by Crippen LogP contribution is -2.30. The molecule has 0 aromatic rings. The van der Waals surface area contributed by atoms with Crippen molar-refractivity contribution in [3.8, 4) is 0 Å². The molecule has 0 heterocycles. The minimum Gasteiger partial charge on any atom is -0.462 e. The van der Waals surface area contributed by atoms with Gasteiger partial charge in [-0.25, -0.2) is 0 Å². The van der Waals surface area contributed by atoms with Crippen molar-refractivity contribution < 1.29 is 28.6 Å². The predicted molar refractivity (Wildman–Crippen MR) is 256 cm³/mol. The molecule has 1 atom stereocenters. The molecule has 0 aliphatic heterocycles. The summed E-state index contributed by atoms with van der Waals surface area (Å²) < 4.78 is 16.6. The number of unbranched alkanes of at least 4 members (excludes halogenated alkanes) is 12. The highest BCUT2D eigenvalue weighted by atomic mass is 16.6. The van der Waals surface area contributed by atoms with E-state index >= 15 is 0 Å². The molecular weight excluding hydrogens is 745 g/mol. The van der Waals surface area contributed by atoms with E-state index in [4.69, 9.17) is 14.2 Å². The molecule has 60 heavy (non-hydrogen) atoms. The Balaban J connectivity index is 4.54. The van der Waals surface area contributed by atoms with Crippen molar-refractivity contribution in [3.05, 3.63) is 109 Å². The monoisotopic (exact) mass is 831 g/mol. The summed E-state index contributed by atoms with van der Waals surface area (Å²) >= 11 is 0. The third-order valence-electron chi connectivity index (χ3n) is 9.54. The van der Waals surface area contributed by atoms with Gasteiger partial charge in [0.05, 0.1) is 0 Å². The van der Waals surface area contributed by atoms with Crippen LogP contribution in [0.5, 0.6) is 0 Å². The van der Waals surface area contributed by atoms with Crippen molar-refractivity contribution in [2.45, 2.75) is 200 Å². The number of ether oxygens (including phenoxy) is 3. The van der Waals surface area contributed by atoms with Gasteiger partial charge in [0.1, 0.15) is 13.2 Å². The third kappa shape index (κ3) is 45.2. The molecule has 0 aromatic heterocycles. The molecule has 0 spiro atoms. The van der Waals surface area contributed by atoms with Crippen molar-refractivity contribution in [1.82, 2.24) is 0 Å². The third-order valence-corrected chi connectivity index (χ3v) is 9.54. The average molecular weight is 831 g/mol. The van der Waals surface area contributed by atoms with Gasteiger partial charge < -0.3 is 14.2 Å². The standard InChI is InChI=1S/C54H86O6/c1-4-7-10-13-16-19-22-24-25-26-27-28-29-30-33-35-38-41-44-47-53(56)59-50-51(49-58-52(55)46-43-40-37-34-31-21-18-15-12-9-6-3)60-54(57)48-45-42-39-36-32-23-20-17-14-11-8-5-2/h7,9-10,12,16,18-19,21,24-25,27-28,30,33-34,37-38,41,51H,4-6,8,11,13-15,17,20,22-23,26,29,31-32,35-36,39-40,42-50H2,1-3H3/b10-7-,12-9-,19-16-,21-18-,25-24-,28-27-,33-30-,37-34-,41-38-. The molecular formula is C54H86O6. The van der Waals surface area contributed by atoms with Crippen molar-refractivity contribution >= 4 is 17.9 Å². The summed E-state index contributed by atoms with van der Waals surface area (Å²) in [5, 5.41) is 0. The quantitative estimate of drug-likeness (QED) is 0.0264. The van der Waals surface area contributed by atoms with E-state index < -0.39 is 6.10 Å². The van der Waals surface area contributed by atoms with E-state index in [1.165, 1.54) is 57.8 Å². The second-order valence-corrected chi connectivity index (χ2v) is 15.3. The molecule has 6 heteroatoms. The first kappa shape index (κ1) is 56.1. The van der Waals surface area contributed by atoms with Crippen LogP contribution in [0, 0.1) is 0 Å². The Morgan fingerprint density at radius 3 is 1.10 bits per heavy atom. The number of esters is 3. The first-order chi connectivity index (χ1) is 29.5. The van der Waals surface area contributed by atoms with Crippen molar-refractivity contribution in [2.75, 3.05) is 13.2 Å². The van der Waals surface area contributed by atoms with E-state index in [1.54, 1.807) is 0 Å². The zero-order valence-corrected chi connectivity index (χ0v) is 38.4. The first-order valence-corrected chi connectivity index (χ1v) is 23.9. The number of carbonyl (C=O) groups is 3. The maximum atomic E-state index is 12.7. The molecule has 1 unspecified atom stereocenters. The van der Waals surface area contributed by atoms with Crippen LogP contribution in [0.15, 0.2) is 109 Å². The van der Waals surface area contributed by atoms with Crippen LogP contribution in [0.3, 0.4) is 0 Å². The Labute approximate surface area is 368 Å². The molecule has 0 rings (SSSR count). The highest BCUT2D eigenvalue weighted by Gasteiger charge is 2.19. The molecule has 0 aliphatic rings. The highest BCUT2D eigenvalue weighted by molar-refractivity contribution is 5.71. The summed E-state index contributed by atoms with van der Waals surface area (Å²) in [6.45, 7) is 6.26. The summed E-state index contributed by atoms with van der Waals surface area (Å²) in [6, 6.07) is 0. The van der Waals surface area contributed by atoms with Crippen LogP contribution >= 0.6 is 0 Å². The van der Waals surface area contributed by atoms with Gasteiger partial charge in [-0.15, -0.1) is 0 Å². The molecule has 6 nitrogen and oxygen atoms in total. The van der Waals surface area contributed by atoms with Crippen LogP contribution < -0.4 is 0 Å². The lowest BCUT2D eigenvalue weighted by molar-refractivity contribution is -0.166. The lowest BCUT2D eigenvalue weighted by atomic mass is 10.0. The van der Waals surface area contributed by atoms with Gasteiger partial charge in [-0.3, -0.25) is 14.4 Å². The van der Waals surface area contributed by atoms with Crippen LogP contribution in [-0.4, -0.2) is 37.2 Å². The van der Waals surface area contributed by atoms with Gasteiger partial charge in [-0.2, -0.15) is 0 Å². The Bertz CT molecular complexity index is 1280. The van der Waals surface area contributed by atoms with E-state index in [9.17, 15) is 14.4 Å². The number of rotatable bonds is 41. The first-order valence-electron chi connectivity index (χ1n) is 23.9. The fourth-order valence-corrected chi connectivity index (χ4v) is 6.02. The summed E-state index contributed by atoms with van der Waals surface area (Å²) in [5.41, 5.74) is 0. The number of allylic oxidation sites excluding steroid dienone is 18. The molecule has 0 fully saturated rings. The Hall–Kier alpha value is -3.93. The van der Waals surface area contributed by atoms with E-state index in [0.29, 0.717) is 19.3 Å². The van der Waals surface area contributed by atoms with Crippen LogP contribution in [0.25, 0.3) is 0 Å². The Morgan fingerprint density at radius 2 is 0.683 bits per heavy atom. The van der Waals surface area contributed by atoms with Crippen LogP contribution in [-0.2, 0) is 28.6 Å². The molecule has 0 saturated carbocycles. The molecule has 338 valence electrons. The highest BCUT2D eigenvalue weighted by Crippen LogP contribution is 2.13. The summed E-state index contributed by atoms with van der Waals surface area (Å²) in [6.07, 6.45) is 63.8. The molecule has 0 saturated heterocycles. The normalized spacial score (nSPS) is 13.1. The van der Waals surface area contributed by atoms with Gasteiger partial charge in [-0.05, 0) is 83.5 Å². The summed E-state index contributed by atoms with van der Waals surface area (Å²) in [5.74, 6) is -1.07. The number of hydrogen-bond donors (Lipinski definition) is 0. The minimum absolute atomic E-state index is 0.128. The molecule has 0 N–H and O–H groups in total. The van der Waals surface area contributed by atoms with E-state index in [2.05, 4.69) is 118 Å². The molecule has 0 aromatic carbocycles. The maximum absolute atomic E-state index is 12.7. The van der Waals surface area contributed by atoms with Gasteiger partial charge >= 0.3 is 17.9 Å². The molecule has 0 amide bonds. The van der Waals surface area contributed by atoms with Crippen LogP contribution in [0.1, 0.15) is 194 Å². The van der Waals surface area contributed by atoms with Gasteiger partial charge in [-0.1, -0.05) is 201 Å². The second-order valence-electron chi connectivity index (χ2n) is 15.3. The molecule has 0 radical (unpaired) electrons. The maximum Gasteiger partial charge on any atom is 0.306 e. The zero-order chi connectivity index (χ0) is 43.7. The van der Waals surface area contributed by atoms with Crippen molar-refractivity contribution in [1.29, 1.82) is 0 Å². The number of hydrogen-bond acceptors (Lipinski definition) is 6. The van der Waals surface area contributed by atoms with Gasteiger partial charge in [0.25, 0.3) is 0 Å². The molecule has 0 aliphatic carbocycles. The fraction of sp³-hybridized carbons (Fsp3) is 0.611. The smallest absolute Gasteiger partial charge is 0.306 e. The second kappa shape index (κ2) is 47.7. The lowest BCUT2D eigenvalue weighted by Gasteiger charge is -2.18. The van der Waals surface area contributed by atoms with Crippen molar-refractivity contribution in [3.63, 3.8) is 0 Å². The topological polar surface area (TPSA) is 78.9 Å². The Kier molecular flexibility index (Phi) is 44.6. The predicted octanol–water partition coefficient (Wildman–Crippen LogP) is 15.6. The minimum atomic E-state index is -0.826. The van der Waals surface area contributed by atoms with Crippen molar-refractivity contribution in [2.24, 2.45) is 0 Å². The van der Waals surface area contributed by atoms with Crippen LogP contribution in [0.4, 0.5) is 0 Å². The Morgan fingerprint density at radius 1 is 0.350 bits per heavy atom. The van der Waals surface area contributed by atoms with E-state index in [0.717, 1.165) is 83.5 Å². The fourth-order valence-electron chi connectivity index (χ4n) is 6.02. The largest absolute Gasteiger partial charge is 0.462 e. The SMILES string of the molecule is CC/C=C\C/C=C\C/C=C\C/C=C\C/C=C\C/C=C\CCC(=O)OCC(COC(=O)CCC/C=C\C/C=C\C/C=C\CC)OC(=O)CCCCCCCCCCCCCC. The van der Waals surface area contributed by atoms with E-state index in [1.807, 2.05) is 12.2 Å². The van der Waals surface area contributed by atoms with Gasteiger partial charge in [0, 0.05) is 19.3 Å². The van der Waals surface area contributed by atoms with E-state index in [-0.39, 0.29) is 44.0 Å². The van der Waals surface area contributed by atoms with Gasteiger partial charge in [0.15, 0.2) is 6.10 Å².